The van der Waals surface area contributed by atoms with Gasteiger partial charge in [-0.3, -0.25) is 0 Å². The Kier molecular flexibility index (Phi) is 3.78. The summed E-state index contributed by atoms with van der Waals surface area (Å²) in [6.45, 7) is 3.17. The molecule has 1 aliphatic rings. The van der Waals surface area contributed by atoms with Crippen molar-refractivity contribution in [1.82, 2.24) is 5.32 Å². The van der Waals surface area contributed by atoms with Crippen LogP contribution in [0.5, 0.6) is 0 Å². The van der Waals surface area contributed by atoms with Crippen LogP contribution in [0.3, 0.4) is 0 Å². The molecule has 1 aromatic rings. The fourth-order valence-electron chi connectivity index (χ4n) is 1.72. The van der Waals surface area contributed by atoms with Crippen LogP contribution in [0, 0.1) is 0 Å². The minimum Gasteiger partial charge on any atom is -0.368 e. The molecule has 0 unspecified atom stereocenters. The first kappa shape index (κ1) is 11.1. The number of halogens is 1. The lowest BCUT2D eigenvalue weighted by Gasteiger charge is -2.30. The fourth-order valence-corrected chi connectivity index (χ4v) is 2.92. The molecule has 0 amide bonds. The summed E-state index contributed by atoms with van der Waals surface area (Å²) in [6.07, 6.45) is 0. The average molecular weight is 243 g/mol. The molecule has 1 N–H and O–H groups in total. The monoisotopic (exact) mass is 242 g/mol. The third kappa shape index (κ3) is 2.60. The molecule has 15 heavy (non-hydrogen) atoms. The van der Waals surface area contributed by atoms with E-state index in [-0.39, 0.29) is 0 Å². The van der Waals surface area contributed by atoms with Gasteiger partial charge in [0.05, 0.1) is 5.69 Å². The maximum absolute atomic E-state index is 6.02. The van der Waals surface area contributed by atoms with Crippen molar-refractivity contribution in [1.29, 1.82) is 0 Å². The van der Waals surface area contributed by atoms with Gasteiger partial charge in [0.2, 0.25) is 0 Å². The summed E-state index contributed by atoms with van der Waals surface area (Å²) in [5.74, 6) is 1.17. The first-order chi connectivity index (χ1) is 7.31. The van der Waals surface area contributed by atoms with Gasteiger partial charge in [0.15, 0.2) is 0 Å². The van der Waals surface area contributed by atoms with Crippen LogP contribution >= 0.6 is 23.4 Å². The molecule has 1 aromatic carbocycles. The van der Waals surface area contributed by atoms with Crippen molar-refractivity contribution in [3.63, 3.8) is 0 Å². The van der Waals surface area contributed by atoms with Crippen LogP contribution in [0.1, 0.15) is 0 Å². The number of benzene rings is 1. The van der Waals surface area contributed by atoms with Gasteiger partial charge in [-0.2, -0.15) is 0 Å². The van der Waals surface area contributed by atoms with Gasteiger partial charge in [-0.05, 0) is 25.2 Å². The minimum absolute atomic E-state index is 0.825. The predicted octanol–water partition coefficient (Wildman–Crippen LogP) is 2.47. The zero-order valence-electron chi connectivity index (χ0n) is 8.79. The molecular formula is C11H15ClN2S. The van der Waals surface area contributed by atoms with E-state index in [0.29, 0.717) is 0 Å². The van der Waals surface area contributed by atoms with Crippen molar-refractivity contribution in [2.24, 2.45) is 0 Å². The third-order valence-electron chi connectivity index (χ3n) is 2.51. The molecule has 1 heterocycles. The molecule has 2 rings (SSSR count). The highest BCUT2D eigenvalue weighted by molar-refractivity contribution is 7.99. The van der Waals surface area contributed by atoms with Crippen molar-refractivity contribution in [3.05, 3.63) is 23.2 Å². The summed E-state index contributed by atoms with van der Waals surface area (Å²) in [4.78, 5) is 3.75. The standard InChI is InChI=1S/C11H15ClN2S/c1-13-4-5-14-6-7-15-11-3-2-9(12)8-10(11)14/h2-3,8,13H,4-7H2,1H3. The Morgan fingerprint density at radius 3 is 3.20 bits per heavy atom. The van der Waals surface area contributed by atoms with Gasteiger partial charge in [0.1, 0.15) is 0 Å². The van der Waals surface area contributed by atoms with E-state index in [4.69, 9.17) is 11.6 Å². The second-order valence-electron chi connectivity index (χ2n) is 3.55. The Morgan fingerprint density at radius 2 is 2.40 bits per heavy atom. The van der Waals surface area contributed by atoms with Crippen LogP contribution in [0.25, 0.3) is 0 Å². The lowest BCUT2D eigenvalue weighted by Crippen LogP contribution is -2.34. The van der Waals surface area contributed by atoms with Crippen molar-refractivity contribution >= 4 is 29.1 Å². The largest absolute Gasteiger partial charge is 0.368 e. The number of thioether (sulfide) groups is 1. The Hall–Kier alpha value is -0.380. The molecule has 0 bridgehead atoms. The summed E-state index contributed by atoms with van der Waals surface area (Å²) in [5, 5.41) is 4.00. The van der Waals surface area contributed by atoms with E-state index in [1.165, 1.54) is 16.3 Å². The van der Waals surface area contributed by atoms with Gasteiger partial charge in [-0.15, -0.1) is 11.8 Å². The van der Waals surface area contributed by atoms with Crippen LogP contribution in [0.2, 0.25) is 5.02 Å². The predicted molar refractivity (Wildman–Crippen MR) is 68.3 cm³/mol. The lowest BCUT2D eigenvalue weighted by molar-refractivity contribution is 0.731. The van der Waals surface area contributed by atoms with Crippen LogP contribution in [-0.4, -0.2) is 32.4 Å². The number of hydrogen-bond acceptors (Lipinski definition) is 3. The van der Waals surface area contributed by atoms with Gasteiger partial charge in [0, 0.05) is 35.3 Å². The summed E-state index contributed by atoms with van der Waals surface area (Å²) in [5.41, 5.74) is 1.29. The molecule has 2 nitrogen and oxygen atoms in total. The molecule has 0 saturated heterocycles. The fraction of sp³-hybridized carbons (Fsp3) is 0.455. The van der Waals surface area contributed by atoms with E-state index in [1.807, 2.05) is 24.9 Å². The maximum Gasteiger partial charge on any atom is 0.0520 e. The second kappa shape index (κ2) is 5.10. The molecule has 0 aliphatic carbocycles. The minimum atomic E-state index is 0.825. The summed E-state index contributed by atoms with van der Waals surface area (Å²) < 4.78 is 0. The van der Waals surface area contributed by atoms with Gasteiger partial charge in [0.25, 0.3) is 0 Å². The van der Waals surface area contributed by atoms with Crippen molar-refractivity contribution in [2.45, 2.75) is 4.90 Å². The average Bonchev–Trinajstić information content (AvgIpc) is 2.26. The molecule has 0 spiro atoms. The number of nitrogens with zero attached hydrogens (tertiary/aromatic N) is 1. The van der Waals surface area contributed by atoms with E-state index in [9.17, 15) is 0 Å². The number of hydrogen-bond donors (Lipinski definition) is 1. The highest BCUT2D eigenvalue weighted by Gasteiger charge is 2.16. The van der Waals surface area contributed by atoms with E-state index in [1.54, 1.807) is 0 Å². The smallest absolute Gasteiger partial charge is 0.0520 e. The highest BCUT2D eigenvalue weighted by Crippen LogP contribution is 2.36. The van der Waals surface area contributed by atoms with Crippen molar-refractivity contribution in [3.8, 4) is 0 Å². The summed E-state index contributed by atoms with van der Waals surface area (Å²) in [6, 6.07) is 6.15. The molecule has 0 radical (unpaired) electrons. The molecule has 0 fully saturated rings. The quantitative estimate of drug-likeness (QED) is 0.877. The molecule has 4 heteroatoms. The van der Waals surface area contributed by atoms with Crippen LogP contribution in [0.4, 0.5) is 5.69 Å². The van der Waals surface area contributed by atoms with Gasteiger partial charge in [-0.25, -0.2) is 0 Å². The first-order valence-electron chi connectivity index (χ1n) is 5.13. The lowest BCUT2D eigenvalue weighted by atomic mass is 10.2. The number of anilines is 1. The molecule has 0 saturated carbocycles. The van der Waals surface area contributed by atoms with E-state index >= 15 is 0 Å². The molecule has 1 aliphatic heterocycles. The number of fused-ring (bicyclic) bond motifs is 1. The number of likely N-dealkylation sites (N-methyl/N-ethyl adjacent to an activating group) is 1. The zero-order chi connectivity index (χ0) is 10.7. The zero-order valence-corrected chi connectivity index (χ0v) is 10.4. The van der Waals surface area contributed by atoms with Crippen LogP contribution in [0.15, 0.2) is 23.1 Å². The number of nitrogens with one attached hydrogen (secondary N) is 1. The Balaban J connectivity index is 2.20. The van der Waals surface area contributed by atoms with Gasteiger partial charge >= 0.3 is 0 Å². The highest BCUT2D eigenvalue weighted by atomic mass is 35.5. The van der Waals surface area contributed by atoms with E-state index in [2.05, 4.69) is 22.3 Å². The number of rotatable bonds is 3. The van der Waals surface area contributed by atoms with Crippen LogP contribution < -0.4 is 10.2 Å². The third-order valence-corrected chi connectivity index (χ3v) is 3.79. The Morgan fingerprint density at radius 1 is 1.53 bits per heavy atom. The Labute approximate surface area is 100.0 Å². The van der Waals surface area contributed by atoms with Crippen molar-refractivity contribution < 1.29 is 0 Å². The SMILES string of the molecule is CNCCN1CCSc2ccc(Cl)cc21. The van der Waals surface area contributed by atoms with Crippen LogP contribution in [-0.2, 0) is 0 Å². The summed E-state index contributed by atoms with van der Waals surface area (Å²) in [7, 11) is 1.98. The van der Waals surface area contributed by atoms with Gasteiger partial charge < -0.3 is 10.2 Å². The molecule has 0 atom stereocenters. The first-order valence-corrected chi connectivity index (χ1v) is 6.49. The topological polar surface area (TPSA) is 15.3 Å². The second-order valence-corrected chi connectivity index (χ2v) is 5.12. The Bertz CT molecular complexity index is 343. The molecule has 82 valence electrons. The van der Waals surface area contributed by atoms with Gasteiger partial charge in [-0.1, -0.05) is 11.6 Å². The summed E-state index contributed by atoms with van der Waals surface area (Å²) >= 11 is 7.94. The van der Waals surface area contributed by atoms with E-state index < -0.39 is 0 Å². The van der Waals surface area contributed by atoms with Crippen molar-refractivity contribution in [2.75, 3.05) is 37.3 Å². The molecular weight excluding hydrogens is 228 g/mol. The van der Waals surface area contributed by atoms with E-state index in [0.717, 1.165) is 24.7 Å². The maximum atomic E-state index is 6.02. The normalized spacial score (nSPS) is 15.2. The molecule has 0 aromatic heterocycles.